The first-order valence-electron chi connectivity index (χ1n) is 5.05. The predicted molar refractivity (Wildman–Crippen MR) is 73.5 cm³/mol. The fourth-order valence-electron chi connectivity index (χ4n) is 1.32. The second-order valence-corrected chi connectivity index (χ2v) is 4.67. The van der Waals surface area contributed by atoms with Crippen molar-refractivity contribution in [3.05, 3.63) is 51.9 Å². The van der Waals surface area contributed by atoms with Gasteiger partial charge >= 0.3 is 0 Å². The highest BCUT2D eigenvalue weighted by atomic mass is 127. The highest BCUT2D eigenvalue weighted by Gasteiger charge is 2.04. The lowest BCUT2D eigenvalue weighted by molar-refractivity contribution is -0.115. The third-order valence-electron chi connectivity index (χ3n) is 2.09. The van der Waals surface area contributed by atoms with E-state index in [4.69, 9.17) is 0 Å². The van der Waals surface area contributed by atoms with E-state index in [9.17, 15) is 4.79 Å². The molecule has 0 spiro atoms. The summed E-state index contributed by atoms with van der Waals surface area (Å²) in [6, 6.07) is 9.53. The second kappa shape index (κ2) is 5.72. The molecule has 0 atom stereocenters. The van der Waals surface area contributed by atoms with Gasteiger partial charge in [-0.1, -0.05) is 12.1 Å². The van der Waals surface area contributed by atoms with Gasteiger partial charge in [-0.15, -0.1) is 0 Å². The summed E-state index contributed by atoms with van der Waals surface area (Å²) in [4.78, 5) is 19.5. The number of aromatic nitrogens is 2. The summed E-state index contributed by atoms with van der Waals surface area (Å²) in [7, 11) is 0. The van der Waals surface area contributed by atoms with E-state index in [2.05, 4.69) is 37.9 Å². The number of hydrogen-bond acceptors (Lipinski definition) is 3. The Bertz CT molecular complexity index is 499. The molecule has 17 heavy (non-hydrogen) atoms. The Kier molecular flexibility index (Phi) is 4.03. The molecule has 86 valence electrons. The average Bonchev–Trinajstić information content (AvgIpc) is 2.33. The molecule has 1 heterocycles. The van der Waals surface area contributed by atoms with Gasteiger partial charge in [-0.3, -0.25) is 10.1 Å². The third kappa shape index (κ3) is 3.77. The Morgan fingerprint density at radius 2 is 1.82 bits per heavy atom. The normalized spacial score (nSPS) is 9.94. The molecule has 0 aliphatic carbocycles. The number of halogens is 1. The standard InChI is InChI=1S/C12H10IN3O/c13-10-4-2-9(3-5-10)8-11(17)16-12-14-6-1-7-15-12/h1-7H,8H2,(H,14,15,16,17). The number of anilines is 1. The van der Waals surface area contributed by atoms with Crippen LogP contribution in [-0.4, -0.2) is 15.9 Å². The summed E-state index contributed by atoms with van der Waals surface area (Å²) >= 11 is 2.23. The lowest BCUT2D eigenvalue weighted by Gasteiger charge is -2.03. The summed E-state index contributed by atoms with van der Waals surface area (Å²) in [6.45, 7) is 0. The van der Waals surface area contributed by atoms with Crippen molar-refractivity contribution in [1.82, 2.24) is 9.97 Å². The first-order valence-corrected chi connectivity index (χ1v) is 6.13. The Morgan fingerprint density at radius 3 is 2.47 bits per heavy atom. The summed E-state index contributed by atoms with van der Waals surface area (Å²) in [6.07, 6.45) is 3.51. The number of amides is 1. The van der Waals surface area contributed by atoms with Crippen molar-refractivity contribution in [3.63, 3.8) is 0 Å². The number of carbonyl (C=O) groups is 1. The van der Waals surface area contributed by atoms with Crippen molar-refractivity contribution < 1.29 is 4.79 Å². The molecular weight excluding hydrogens is 329 g/mol. The Labute approximate surface area is 113 Å². The van der Waals surface area contributed by atoms with Gasteiger partial charge < -0.3 is 0 Å². The zero-order chi connectivity index (χ0) is 12.1. The molecule has 0 bridgehead atoms. The fraction of sp³-hybridized carbons (Fsp3) is 0.0833. The van der Waals surface area contributed by atoms with Crippen LogP contribution in [0.4, 0.5) is 5.95 Å². The summed E-state index contributed by atoms with van der Waals surface area (Å²) in [5.74, 6) is 0.223. The van der Waals surface area contributed by atoms with E-state index in [0.717, 1.165) is 9.13 Å². The van der Waals surface area contributed by atoms with Gasteiger partial charge in [0.05, 0.1) is 6.42 Å². The maximum Gasteiger partial charge on any atom is 0.231 e. The number of rotatable bonds is 3. The van der Waals surface area contributed by atoms with Crippen molar-refractivity contribution in [3.8, 4) is 0 Å². The first kappa shape index (κ1) is 12.0. The molecule has 0 saturated heterocycles. The maximum absolute atomic E-state index is 11.7. The smallest absolute Gasteiger partial charge is 0.231 e. The van der Waals surface area contributed by atoms with E-state index in [1.807, 2.05) is 24.3 Å². The molecule has 0 fully saturated rings. The van der Waals surface area contributed by atoms with Gasteiger partial charge in [0.1, 0.15) is 0 Å². The van der Waals surface area contributed by atoms with Crippen LogP contribution in [-0.2, 0) is 11.2 Å². The fourth-order valence-corrected chi connectivity index (χ4v) is 1.68. The van der Waals surface area contributed by atoms with E-state index < -0.39 is 0 Å². The molecule has 2 aromatic rings. The topological polar surface area (TPSA) is 54.9 Å². The summed E-state index contributed by atoms with van der Waals surface area (Å²) in [5, 5.41) is 2.64. The molecule has 5 heteroatoms. The molecule has 1 aromatic carbocycles. The van der Waals surface area contributed by atoms with E-state index >= 15 is 0 Å². The highest BCUT2D eigenvalue weighted by Crippen LogP contribution is 2.08. The molecule has 1 amide bonds. The second-order valence-electron chi connectivity index (χ2n) is 3.42. The molecular formula is C12H10IN3O. The van der Waals surface area contributed by atoms with Gasteiger partial charge in [0.15, 0.2) is 0 Å². The van der Waals surface area contributed by atoms with Gasteiger partial charge in [-0.05, 0) is 46.4 Å². The molecule has 4 nitrogen and oxygen atoms in total. The highest BCUT2D eigenvalue weighted by molar-refractivity contribution is 14.1. The van der Waals surface area contributed by atoms with Crippen LogP contribution in [0.2, 0.25) is 0 Å². The van der Waals surface area contributed by atoms with Crippen molar-refractivity contribution in [2.24, 2.45) is 0 Å². The maximum atomic E-state index is 11.7. The van der Waals surface area contributed by atoms with Crippen LogP contribution in [0.1, 0.15) is 5.56 Å². The Morgan fingerprint density at radius 1 is 1.18 bits per heavy atom. The number of nitrogens with one attached hydrogen (secondary N) is 1. The minimum Gasteiger partial charge on any atom is -0.294 e. The zero-order valence-corrected chi connectivity index (χ0v) is 11.1. The number of benzene rings is 1. The van der Waals surface area contributed by atoms with Gasteiger partial charge in [-0.25, -0.2) is 9.97 Å². The SMILES string of the molecule is O=C(Cc1ccc(I)cc1)Nc1ncccn1. The molecule has 0 unspecified atom stereocenters. The Balaban J connectivity index is 1.96. The number of hydrogen-bond donors (Lipinski definition) is 1. The van der Waals surface area contributed by atoms with Crippen LogP contribution in [0.15, 0.2) is 42.7 Å². The van der Waals surface area contributed by atoms with Crippen molar-refractivity contribution in [2.75, 3.05) is 5.32 Å². The predicted octanol–water partition coefficient (Wildman–Crippen LogP) is 2.26. The first-order chi connectivity index (χ1) is 8.24. The van der Waals surface area contributed by atoms with Gasteiger partial charge in [0.25, 0.3) is 0 Å². The van der Waals surface area contributed by atoms with Crippen LogP contribution in [0, 0.1) is 3.57 Å². The van der Waals surface area contributed by atoms with E-state index in [-0.39, 0.29) is 5.91 Å². The number of carbonyl (C=O) groups excluding carboxylic acids is 1. The number of nitrogens with zero attached hydrogens (tertiary/aromatic N) is 2. The Hall–Kier alpha value is -1.50. The molecule has 0 aliphatic heterocycles. The van der Waals surface area contributed by atoms with Crippen molar-refractivity contribution in [1.29, 1.82) is 0 Å². The minimum atomic E-state index is -0.114. The van der Waals surface area contributed by atoms with Gasteiger partial charge in [0, 0.05) is 16.0 Å². The molecule has 0 radical (unpaired) electrons. The van der Waals surface area contributed by atoms with Crippen molar-refractivity contribution in [2.45, 2.75) is 6.42 Å². The summed E-state index contributed by atoms with van der Waals surface area (Å²) in [5.41, 5.74) is 0.971. The monoisotopic (exact) mass is 339 g/mol. The van der Waals surface area contributed by atoms with Crippen LogP contribution in [0.5, 0.6) is 0 Å². The van der Waals surface area contributed by atoms with E-state index in [1.165, 1.54) is 0 Å². The molecule has 2 rings (SSSR count). The largest absolute Gasteiger partial charge is 0.294 e. The van der Waals surface area contributed by atoms with Gasteiger partial charge in [-0.2, -0.15) is 0 Å². The van der Waals surface area contributed by atoms with E-state index in [1.54, 1.807) is 18.5 Å². The van der Waals surface area contributed by atoms with Crippen LogP contribution < -0.4 is 5.32 Å². The lowest BCUT2D eigenvalue weighted by Crippen LogP contribution is -2.16. The minimum absolute atomic E-state index is 0.114. The average molecular weight is 339 g/mol. The molecule has 0 saturated carbocycles. The molecule has 1 N–H and O–H groups in total. The van der Waals surface area contributed by atoms with Crippen LogP contribution in [0.25, 0.3) is 0 Å². The lowest BCUT2D eigenvalue weighted by atomic mass is 10.1. The van der Waals surface area contributed by atoms with Crippen molar-refractivity contribution >= 4 is 34.4 Å². The summed E-state index contributed by atoms with van der Waals surface area (Å²) < 4.78 is 1.15. The van der Waals surface area contributed by atoms with Crippen LogP contribution >= 0.6 is 22.6 Å². The van der Waals surface area contributed by atoms with E-state index in [0.29, 0.717) is 12.4 Å². The zero-order valence-electron chi connectivity index (χ0n) is 8.93. The quantitative estimate of drug-likeness (QED) is 0.873. The van der Waals surface area contributed by atoms with Crippen LogP contribution in [0.3, 0.4) is 0 Å². The molecule has 0 aliphatic rings. The molecule has 1 aromatic heterocycles. The third-order valence-corrected chi connectivity index (χ3v) is 2.81. The van der Waals surface area contributed by atoms with Gasteiger partial charge in [0.2, 0.25) is 11.9 Å².